The first-order chi connectivity index (χ1) is 12.0. The number of carboxylic acid groups (broad SMARTS) is 2. The van der Waals surface area contributed by atoms with Crippen molar-refractivity contribution in [3.05, 3.63) is 0 Å². The molecule has 0 aromatic rings. The number of aliphatic carboxylic acids is 2. The number of carbonyl (C=O) groups is 2. The van der Waals surface area contributed by atoms with Gasteiger partial charge in [-0.05, 0) is 24.7 Å². The third kappa shape index (κ3) is 7.31. The first kappa shape index (κ1) is 29.1. The van der Waals surface area contributed by atoms with Crippen LogP contribution in [0.1, 0.15) is 79.1 Å². The second-order valence-corrected chi connectivity index (χ2v) is 8.88. The van der Waals surface area contributed by atoms with E-state index in [1.807, 2.05) is 13.8 Å². The van der Waals surface area contributed by atoms with Crippen molar-refractivity contribution in [2.45, 2.75) is 83.8 Å². The molecule has 3 N–H and O–H groups in total. The van der Waals surface area contributed by atoms with Gasteiger partial charge in [0.05, 0.1) is 5.92 Å². The van der Waals surface area contributed by atoms with E-state index in [0.717, 1.165) is 25.7 Å². The Labute approximate surface area is 185 Å². The maximum atomic E-state index is 12.3. The monoisotopic (exact) mass is 418 g/mol. The molecule has 0 amide bonds. The van der Waals surface area contributed by atoms with E-state index in [9.17, 15) is 32.8 Å². The number of hydrogen-bond donors (Lipinski definition) is 3. The van der Waals surface area contributed by atoms with Crippen molar-refractivity contribution < 1.29 is 32.8 Å². The van der Waals surface area contributed by atoms with Gasteiger partial charge in [-0.15, -0.1) is 0 Å². The standard InChI is InChI=1S/C18H34O7S.Na.H/c1-5-7-9-11-13(3)15(16(19)20)18(17(21)22,26(23,24)25)14(4)12-10-8-6-2;;/h13-15H,5-12H2,1-4H3,(H,19,20)(H,21,22)(H,23,24,25);;. The second-order valence-electron chi connectivity index (χ2n) is 7.26. The van der Waals surface area contributed by atoms with Gasteiger partial charge in [-0.3, -0.25) is 14.1 Å². The summed E-state index contributed by atoms with van der Waals surface area (Å²) < 4.78 is 31.7. The topological polar surface area (TPSA) is 129 Å². The van der Waals surface area contributed by atoms with E-state index in [2.05, 4.69) is 0 Å². The van der Waals surface area contributed by atoms with Gasteiger partial charge in [0, 0.05) is 0 Å². The summed E-state index contributed by atoms with van der Waals surface area (Å²) in [7, 11) is -5.16. The number of carboxylic acids is 2. The van der Waals surface area contributed by atoms with Gasteiger partial charge in [-0.1, -0.05) is 66.2 Å². The molecule has 27 heavy (non-hydrogen) atoms. The fourth-order valence-electron chi connectivity index (χ4n) is 3.82. The summed E-state index contributed by atoms with van der Waals surface area (Å²) >= 11 is 0. The summed E-state index contributed by atoms with van der Waals surface area (Å²) in [5.74, 6) is -6.75. The Morgan fingerprint density at radius 1 is 0.926 bits per heavy atom. The molecule has 0 saturated carbocycles. The van der Waals surface area contributed by atoms with Crippen molar-refractivity contribution in [3.63, 3.8) is 0 Å². The molecular weight excluding hydrogens is 383 g/mol. The molecule has 4 unspecified atom stereocenters. The molecule has 0 spiro atoms. The molecule has 0 saturated heterocycles. The molecule has 4 atom stereocenters. The van der Waals surface area contributed by atoms with E-state index in [0.29, 0.717) is 19.3 Å². The molecule has 0 aliphatic rings. The molecule has 0 aromatic carbocycles. The van der Waals surface area contributed by atoms with Gasteiger partial charge in [-0.25, -0.2) is 0 Å². The van der Waals surface area contributed by atoms with Crippen molar-refractivity contribution in [1.82, 2.24) is 0 Å². The first-order valence-electron chi connectivity index (χ1n) is 9.41. The molecule has 0 aromatic heterocycles. The zero-order valence-electron chi connectivity index (χ0n) is 16.3. The van der Waals surface area contributed by atoms with Gasteiger partial charge < -0.3 is 10.2 Å². The van der Waals surface area contributed by atoms with Crippen LogP contribution in [-0.4, -0.2) is 69.4 Å². The van der Waals surface area contributed by atoms with Crippen molar-refractivity contribution >= 4 is 51.6 Å². The van der Waals surface area contributed by atoms with Gasteiger partial charge in [0.15, 0.2) is 0 Å². The summed E-state index contributed by atoms with van der Waals surface area (Å²) in [4.78, 5) is 24.1. The third-order valence-electron chi connectivity index (χ3n) is 5.29. The summed E-state index contributed by atoms with van der Waals surface area (Å²) in [6.45, 7) is 6.89. The van der Waals surface area contributed by atoms with Crippen LogP contribution in [0.3, 0.4) is 0 Å². The summed E-state index contributed by atoms with van der Waals surface area (Å²) in [6, 6.07) is 0. The van der Waals surface area contributed by atoms with Crippen LogP contribution in [-0.2, 0) is 19.7 Å². The minimum absolute atomic E-state index is 0. The molecule has 0 bridgehead atoms. The number of hydrogen-bond acceptors (Lipinski definition) is 4. The van der Waals surface area contributed by atoms with Gasteiger partial charge in [0.25, 0.3) is 10.1 Å². The van der Waals surface area contributed by atoms with Crippen molar-refractivity contribution in [2.75, 3.05) is 0 Å². The van der Waals surface area contributed by atoms with E-state index >= 15 is 0 Å². The van der Waals surface area contributed by atoms with Crippen LogP contribution in [0.2, 0.25) is 0 Å². The number of unbranched alkanes of at least 4 members (excludes halogenated alkanes) is 4. The van der Waals surface area contributed by atoms with E-state index in [4.69, 9.17) is 0 Å². The average Bonchev–Trinajstić information content (AvgIpc) is 2.50. The maximum absolute atomic E-state index is 12.3. The van der Waals surface area contributed by atoms with Crippen LogP contribution in [0.25, 0.3) is 0 Å². The Bertz CT molecular complexity index is 564. The molecule has 7 nitrogen and oxygen atoms in total. The van der Waals surface area contributed by atoms with Gasteiger partial charge >= 0.3 is 41.5 Å². The van der Waals surface area contributed by atoms with Crippen LogP contribution >= 0.6 is 0 Å². The predicted molar refractivity (Wildman–Crippen MR) is 107 cm³/mol. The average molecular weight is 419 g/mol. The zero-order chi connectivity index (χ0) is 20.5. The van der Waals surface area contributed by atoms with E-state index < -0.39 is 44.6 Å². The van der Waals surface area contributed by atoms with Crippen LogP contribution in [0.15, 0.2) is 0 Å². The van der Waals surface area contributed by atoms with Gasteiger partial charge in [-0.2, -0.15) is 8.42 Å². The van der Waals surface area contributed by atoms with Crippen molar-refractivity contribution in [2.24, 2.45) is 17.8 Å². The minimum atomic E-state index is -5.16. The SMILES string of the molecule is CCCCCC(C)C(C(=O)O)C(C(=O)O)(C(C)CCCCC)S(=O)(=O)O.[NaH]. The summed E-state index contributed by atoms with van der Waals surface area (Å²) in [5.41, 5.74) is 0. The quantitative estimate of drug-likeness (QED) is 0.224. The van der Waals surface area contributed by atoms with E-state index in [1.54, 1.807) is 6.92 Å². The molecule has 0 fully saturated rings. The molecule has 0 radical (unpaired) electrons. The molecule has 9 heteroatoms. The molecule has 0 rings (SSSR count). The Balaban J connectivity index is 0. The molecule has 0 aliphatic heterocycles. The van der Waals surface area contributed by atoms with Crippen molar-refractivity contribution in [3.8, 4) is 0 Å². The Morgan fingerprint density at radius 3 is 1.70 bits per heavy atom. The molecular formula is C18H35NaO7S. The van der Waals surface area contributed by atoms with Crippen LogP contribution in [0, 0.1) is 17.8 Å². The number of rotatable bonds is 14. The Morgan fingerprint density at radius 2 is 1.37 bits per heavy atom. The van der Waals surface area contributed by atoms with Crippen molar-refractivity contribution in [1.29, 1.82) is 0 Å². The second kappa shape index (κ2) is 13.1. The fourth-order valence-corrected chi connectivity index (χ4v) is 5.32. The normalized spacial score (nSPS) is 17.2. The van der Waals surface area contributed by atoms with Gasteiger partial charge in [0.1, 0.15) is 0 Å². The molecule has 156 valence electrons. The summed E-state index contributed by atoms with van der Waals surface area (Å²) in [5, 5.41) is 19.6. The predicted octanol–water partition coefficient (Wildman–Crippen LogP) is 3.18. The van der Waals surface area contributed by atoms with Crippen LogP contribution in [0.4, 0.5) is 0 Å². The van der Waals surface area contributed by atoms with Gasteiger partial charge in [0.2, 0.25) is 4.75 Å². The van der Waals surface area contributed by atoms with Crippen LogP contribution < -0.4 is 0 Å². The first-order valence-corrected chi connectivity index (χ1v) is 10.9. The third-order valence-corrected chi connectivity index (χ3v) is 6.98. The Hall–Kier alpha value is -0.150. The van der Waals surface area contributed by atoms with E-state index in [1.165, 1.54) is 6.92 Å². The molecule has 0 aliphatic carbocycles. The fraction of sp³-hybridized carbons (Fsp3) is 0.889. The summed E-state index contributed by atoms with van der Waals surface area (Å²) in [6.07, 6.45) is 5.21. The van der Waals surface area contributed by atoms with E-state index in [-0.39, 0.29) is 36.0 Å². The van der Waals surface area contributed by atoms with Crippen LogP contribution in [0.5, 0.6) is 0 Å². The molecule has 0 heterocycles. The Kier molecular flexibility index (Phi) is 14.1. The zero-order valence-corrected chi connectivity index (χ0v) is 17.1.